The van der Waals surface area contributed by atoms with Gasteiger partial charge in [-0.1, -0.05) is 52.3 Å². The quantitative estimate of drug-likeness (QED) is 0.499. The van der Waals surface area contributed by atoms with Gasteiger partial charge in [-0.15, -0.1) is 0 Å². The smallest absolute Gasteiger partial charge is 0.124 e. The summed E-state index contributed by atoms with van der Waals surface area (Å²) in [5.41, 5.74) is 1.83. The number of nitrogens with one attached hydrogen (secondary N) is 1. The molecule has 0 aliphatic heterocycles. The van der Waals surface area contributed by atoms with E-state index in [1.165, 1.54) is 10.8 Å². The molecule has 23 heavy (non-hydrogen) atoms. The summed E-state index contributed by atoms with van der Waals surface area (Å²) in [7, 11) is 0. The van der Waals surface area contributed by atoms with Crippen molar-refractivity contribution in [2.75, 3.05) is 18.4 Å². The number of aromatic hydroxyl groups is 1. The van der Waals surface area contributed by atoms with E-state index in [0.717, 1.165) is 16.7 Å². The standard InChI is InChI=1S/C19H17BrN2O/c20-16-8-9-19(23)15(12-16)13-21-10-11-22-18-7-3-5-14-4-1-2-6-17(14)18/h1-9,12-13,22-23H,10-11H2. The second-order valence-electron chi connectivity index (χ2n) is 5.19. The molecule has 0 saturated carbocycles. The maximum absolute atomic E-state index is 9.76. The van der Waals surface area contributed by atoms with Gasteiger partial charge in [0.2, 0.25) is 0 Å². The molecule has 0 aliphatic rings. The summed E-state index contributed by atoms with van der Waals surface area (Å²) in [4.78, 5) is 4.37. The third-order valence-corrected chi connectivity index (χ3v) is 4.06. The number of hydrogen-bond donors (Lipinski definition) is 2. The number of hydrogen-bond acceptors (Lipinski definition) is 3. The lowest BCUT2D eigenvalue weighted by molar-refractivity contribution is 0.474. The summed E-state index contributed by atoms with van der Waals surface area (Å²) >= 11 is 3.39. The van der Waals surface area contributed by atoms with Crippen LogP contribution in [0, 0.1) is 0 Å². The van der Waals surface area contributed by atoms with Gasteiger partial charge < -0.3 is 10.4 Å². The van der Waals surface area contributed by atoms with Gasteiger partial charge in [0.05, 0.1) is 6.54 Å². The van der Waals surface area contributed by atoms with E-state index in [0.29, 0.717) is 12.1 Å². The molecule has 0 bridgehead atoms. The van der Waals surface area contributed by atoms with E-state index in [2.05, 4.69) is 50.5 Å². The van der Waals surface area contributed by atoms with Crippen LogP contribution in [0.3, 0.4) is 0 Å². The van der Waals surface area contributed by atoms with Crippen molar-refractivity contribution >= 4 is 38.6 Å². The fourth-order valence-electron chi connectivity index (χ4n) is 2.43. The number of phenols is 1. The van der Waals surface area contributed by atoms with E-state index in [-0.39, 0.29) is 5.75 Å². The van der Waals surface area contributed by atoms with Gasteiger partial charge >= 0.3 is 0 Å². The lowest BCUT2D eigenvalue weighted by Crippen LogP contribution is -2.05. The number of nitrogens with zero attached hydrogens (tertiary/aromatic N) is 1. The predicted octanol–water partition coefficient (Wildman–Crippen LogP) is 4.84. The molecule has 3 aromatic carbocycles. The van der Waals surface area contributed by atoms with Gasteiger partial charge in [0, 0.05) is 33.9 Å². The Bertz CT molecular complexity index is 840. The molecular formula is C19H17BrN2O. The van der Waals surface area contributed by atoms with Crippen LogP contribution in [0.25, 0.3) is 10.8 Å². The first kappa shape index (κ1) is 15.6. The third kappa shape index (κ3) is 3.90. The van der Waals surface area contributed by atoms with Crippen LogP contribution in [0.5, 0.6) is 5.75 Å². The van der Waals surface area contributed by atoms with E-state index in [1.54, 1.807) is 18.3 Å². The number of halogens is 1. The molecule has 0 atom stereocenters. The summed E-state index contributed by atoms with van der Waals surface area (Å²) in [6, 6.07) is 19.8. The minimum Gasteiger partial charge on any atom is -0.507 e. The van der Waals surface area contributed by atoms with E-state index in [4.69, 9.17) is 0 Å². The highest BCUT2D eigenvalue weighted by atomic mass is 79.9. The van der Waals surface area contributed by atoms with Crippen molar-refractivity contribution in [2.24, 2.45) is 4.99 Å². The Hall–Kier alpha value is -2.33. The minimum atomic E-state index is 0.235. The zero-order chi connectivity index (χ0) is 16.1. The first-order valence-corrected chi connectivity index (χ1v) is 8.23. The molecule has 0 heterocycles. The maximum atomic E-state index is 9.76. The Morgan fingerprint density at radius 2 is 1.87 bits per heavy atom. The second-order valence-corrected chi connectivity index (χ2v) is 6.11. The van der Waals surface area contributed by atoms with Crippen LogP contribution in [0.15, 0.2) is 70.1 Å². The molecule has 0 aromatic heterocycles. The van der Waals surface area contributed by atoms with Gasteiger partial charge in [0.1, 0.15) is 5.75 Å². The van der Waals surface area contributed by atoms with E-state index < -0.39 is 0 Å². The molecule has 4 heteroatoms. The number of aliphatic imine (C=N–C) groups is 1. The molecule has 0 saturated heterocycles. The highest BCUT2D eigenvalue weighted by Crippen LogP contribution is 2.22. The average molecular weight is 369 g/mol. The predicted molar refractivity (Wildman–Crippen MR) is 101 cm³/mol. The highest BCUT2D eigenvalue weighted by Gasteiger charge is 2.00. The third-order valence-electron chi connectivity index (χ3n) is 3.57. The summed E-state index contributed by atoms with van der Waals surface area (Å²) < 4.78 is 0.922. The van der Waals surface area contributed by atoms with Crippen molar-refractivity contribution in [1.29, 1.82) is 0 Å². The Morgan fingerprint density at radius 3 is 2.78 bits per heavy atom. The van der Waals surface area contributed by atoms with E-state index in [9.17, 15) is 5.11 Å². The van der Waals surface area contributed by atoms with Gasteiger partial charge in [-0.25, -0.2) is 0 Å². The normalized spacial score (nSPS) is 11.2. The lowest BCUT2D eigenvalue weighted by atomic mass is 10.1. The summed E-state index contributed by atoms with van der Waals surface area (Å²) in [5, 5.41) is 15.6. The Balaban J connectivity index is 1.61. The number of phenolic OH excluding ortho intramolecular Hbond substituents is 1. The molecule has 3 aromatic rings. The van der Waals surface area contributed by atoms with Crippen LogP contribution >= 0.6 is 15.9 Å². The van der Waals surface area contributed by atoms with E-state index in [1.807, 2.05) is 24.3 Å². The topological polar surface area (TPSA) is 44.6 Å². The van der Waals surface area contributed by atoms with Crippen molar-refractivity contribution < 1.29 is 5.11 Å². The van der Waals surface area contributed by atoms with Crippen molar-refractivity contribution in [1.82, 2.24) is 0 Å². The molecule has 2 N–H and O–H groups in total. The van der Waals surface area contributed by atoms with Gasteiger partial charge in [0.15, 0.2) is 0 Å². The SMILES string of the molecule is Oc1ccc(Br)cc1C=NCCNc1cccc2ccccc12. The minimum absolute atomic E-state index is 0.235. The molecule has 3 nitrogen and oxygen atoms in total. The van der Waals surface area contributed by atoms with Crippen molar-refractivity contribution in [2.45, 2.75) is 0 Å². The Labute approximate surface area is 143 Å². The number of rotatable bonds is 5. The molecule has 3 rings (SSSR count). The molecule has 0 radical (unpaired) electrons. The van der Waals surface area contributed by atoms with Crippen LogP contribution in [0.1, 0.15) is 5.56 Å². The fraction of sp³-hybridized carbons (Fsp3) is 0.105. The second kappa shape index (κ2) is 7.29. The molecule has 0 amide bonds. The maximum Gasteiger partial charge on any atom is 0.124 e. The highest BCUT2D eigenvalue weighted by molar-refractivity contribution is 9.10. The van der Waals surface area contributed by atoms with Gasteiger partial charge in [-0.2, -0.15) is 0 Å². The summed E-state index contributed by atoms with van der Waals surface area (Å²) in [5.74, 6) is 0.235. The number of anilines is 1. The van der Waals surface area contributed by atoms with E-state index >= 15 is 0 Å². The average Bonchev–Trinajstić information content (AvgIpc) is 2.57. The zero-order valence-corrected chi connectivity index (χ0v) is 14.1. The molecule has 0 aliphatic carbocycles. The van der Waals surface area contributed by atoms with Crippen molar-refractivity contribution in [3.8, 4) is 5.75 Å². The van der Waals surface area contributed by atoms with Gasteiger partial charge in [0.25, 0.3) is 0 Å². The van der Waals surface area contributed by atoms with Crippen LogP contribution in [0.4, 0.5) is 5.69 Å². The summed E-state index contributed by atoms with van der Waals surface area (Å²) in [6.45, 7) is 1.37. The molecule has 0 spiro atoms. The van der Waals surface area contributed by atoms with Gasteiger partial charge in [-0.05, 0) is 29.7 Å². The van der Waals surface area contributed by atoms with Gasteiger partial charge in [-0.3, -0.25) is 4.99 Å². The number of benzene rings is 3. The zero-order valence-electron chi connectivity index (χ0n) is 12.5. The van der Waals surface area contributed by atoms with Crippen LogP contribution in [-0.4, -0.2) is 24.4 Å². The Morgan fingerprint density at radius 1 is 1.04 bits per heavy atom. The molecule has 0 unspecified atom stereocenters. The van der Waals surface area contributed by atoms with Crippen LogP contribution in [0.2, 0.25) is 0 Å². The monoisotopic (exact) mass is 368 g/mol. The Kier molecular flexibility index (Phi) is 4.93. The van der Waals surface area contributed by atoms with Crippen LogP contribution in [-0.2, 0) is 0 Å². The lowest BCUT2D eigenvalue weighted by Gasteiger charge is -2.08. The molecule has 0 fully saturated rings. The largest absolute Gasteiger partial charge is 0.507 e. The first-order valence-electron chi connectivity index (χ1n) is 7.44. The van der Waals surface area contributed by atoms with Crippen LogP contribution < -0.4 is 5.32 Å². The fourth-order valence-corrected chi connectivity index (χ4v) is 2.81. The molecular weight excluding hydrogens is 352 g/mol. The van der Waals surface area contributed by atoms with Crippen molar-refractivity contribution in [3.05, 3.63) is 70.7 Å². The summed E-state index contributed by atoms with van der Waals surface area (Å²) in [6.07, 6.45) is 1.70. The number of fused-ring (bicyclic) bond motifs is 1. The van der Waals surface area contributed by atoms with Crippen molar-refractivity contribution in [3.63, 3.8) is 0 Å². The molecule has 116 valence electrons. The first-order chi connectivity index (χ1) is 11.2.